The van der Waals surface area contributed by atoms with E-state index in [1.54, 1.807) is 0 Å². The van der Waals surface area contributed by atoms with Crippen LogP contribution in [-0.2, 0) is 16.0 Å². The summed E-state index contributed by atoms with van der Waals surface area (Å²) in [5.41, 5.74) is 1.00. The van der Waals surface area contributed by atoms with Crippen LogP contribution in [0.3, 0.4) is 0 Å². The summed E-state index contributed by atoms with van der Waals surface area (Å²) in [6, 6.07) is 10.6. The molecule has 0 aliphatic heterocycles. The molecule has 1 aromatic carbocycles. The summed E-state index contributed by atoms with van der Waals surface area (Å²) < 4.78 is 5.80. The van der Waals surface area contributed by atoms with Crippen molar-refractivity contribution in [3.8, 4) is 0 Å². The number of aryl methyl sites for hydroxylation is 1. The monoisotopic (exact) mass is 366 g/mol. The van der Waals surface area contributed by atoms with Crippen LogP contribution in [0.4, 0.5) is 0 Å². The molecular weight excluding hydrogens is 333 g/mol. The molecule has 1 rings (SSSR count). The first-order chi connectivity index (χ1) is 10.1. The molecule has 0 saturated heterocycles. The molecule has 0 aliphatic rings. The Kier molecular flexibility index (Phi) is 7.18. The van der Waals surface area contributed by atoms with Gasteiger partial charge in [-0.15, -0.1) is 0 Å². The van der Waals surface area contributed by atoms with Crippen LogP contribution in [0.5, 0.6) is 0 Å². The van der Waals surface area contributed by atoms with Crippen LogP contribution in [0, 0.1) is 0 Å². The zero-order valence-electron chi connectivity index (χ0n) is 15.1. The van der Waals surface area contributed by atoms with Crippen molar-refractivity contribution in [1.82, 2.24) is 0 Å². The Hall–Kier alpha value is -0.767. The maximum atomic E-state index is 12.5. The maximum absolute atomic E-state index is 12.5. The normalized spacial score (nSPS) is 13.7. The molecule has 0 N–H and O–H groups in total. The Labute approximate surface area is 139 Å². The number of benzene rings is 1. The van der Waals surface area contributed by atoms with E-state index in [0.717, 1.165) is 25.7 Å². The SMILES string of the molecule is CC(C)(C)OC(=O)[CH](CCCCc1ccccc1)[Ge]([CH3])([CH3])[CH3]. The first-order valence-corrected chi connectivity index (χ1v) is 15.9. The van der Waals surface area contributed by atoms with E-state index in [0.29, 0.717) is 0 Å². The molecule has 0 aromatic heterocycles. The Morgan fingerprint density at radius 3 is 2.18 bits per heavy atom. The van der Waals surface area contributed by atoms with Gasteiger partial charge in [-0.3, -0.25) is 0 Å². The van der Waals surface area contributed by atoms with E-state index in [1.165, 1.54) is 5.56 Å². The number of carbonyl (C=O) groups excluding carboxylic acids is 1. The van der Waals surface area contributed by atoms with Crippen LogP contribution < -0.4 is 0 Å². The van der Waals surface area contributed by atoms with E-state index < -0.39 is 13.3 Å². The summed E-state index contributed by atoms with van der Waals surface area (Å²) in [6.07, 6.45) is 4.31. The van der Waals surface area contributed by atoms with Gasteiger partial charge in [0.05, 0.1) is 0 Å². The van der Waals surface area contributed by atoms with E-state index in [9.17, 15) is 4.79 Å². The molecule has 1 atom stereocenters. The predicted octanol–water partition coefficient (Wildman–Crippen LogP) is 5.45. The fourth-order valence-corrected chi connectivity index (χ4v) is 6.45. The van der Waals surface area contributed by atoms with Crippen LogP contribution in [0.1, 0.15) is 45.6 Å². The van der Waals surface area contributed by atoms with Crippen LogP contribution >= 0.6 is 0 Å². The minimum absolute atomic E-state index is 0.0275. The molecule has 124 valence electrons. The zero-order chi connectivity index (χ0) is 16.8. The van der Waals surface area contributed by atoms with Crippen molar-refractivity contribution in [3.05, 3.63) is 35.9 Å². The van der Waals surface area contributed by atoms with Crippen molar-refractivity contribution in [2.24, 2.45) is 0 Å². The number of esters is 1. The topological polar surface area (TPSA) is 26.3 Å². The molecule has 0 heterocycles. The van der Waals surface area contributed by atoms with Gasteiger partial charge in [0, 0.05) is 0 Å². The number of hydrogen-bond acceptors (Lipinski definition) is 2. The molecule has 0 radical (unpaired) electrons. The van der Waals surface area contributed by atoms with Crippen molar-refractivity contribution in [3.63, 3.8) is 0 Å². The third-order valence-electron chi connectivity index (χ3n) is 3.79. The van der Waals surface area contributed by atoms with Gasteiger partial charge in [-0.25, -0.2) is 0 Å². The molecule has 1 aromatic rings. The van der Waals surface area contributed by atoms with Gasteiger partial charge in [-0.2, -0.15) is 0 Å². The molecule has 0 bridgehead atoms. The van der Waals surface area contributed by atoms with Crippen LogP contribution in [-0.4, -0.2) is 24.8 Å². The zero-order valence-corrected chi connectivity index (χ0v) is 17.2. The van der Waals surface area contributed by atoms with Gasteiger partial charge in [-0.1, -0.05) is 0 Å². The van der Waals surface area contributed by atoms with Crippen molar-refractivity contribution in [2.75, 3.05) is 0 Å². The summed E-state index contributed by atoms with van der Waals surface area (Å²) in [7, 11) is 0. The molecule has 0 saturated carbocycles. The van der Waals surface area contributed by atoms with E-state index in [-0.39, 0.29) is 16.3 Å². The molecule has 2 nitrogen and oxygen atoms in total. The van der Waals surface area contributed by atoms with Gasteiger partial charge >= 0.3 is 139 Å². The van der Waals surface area contributed by atoms with Crippen molar-refractivity contribution >= 4 is 19.2 Å². The molecule has 1 unspecified atom stereocenters. The first kappa shape index (κ1) is 19.3. The molecule has 0 amide bonds. The second-order valence-electron chi connectivity index (χ2n) is 8.18. The summed E-state index contributed by atoms with van der Waals surface area (Å²) >= 11 is -2.08. The summed E-state index contributed by atoms with van der Waals surface area (Å²) in [5.74, 6) is 6.96. The number of unbranched alkanes of at least 4 members (excludes halogenated alkanes) is 1. The van der Waals surface area contributed by atoms with Crippen molar-refractivity contribution < 1.29 is 9.53 Å². The summed E-state index contributed by atoms with van der Waals surface area (Å²) in [4.78, 5) is 12.5. The third kappa shape index (κ3) is 7.48. The average Bonchev–Trinajstić information content (AvgIpc) is 2.36. The van der Waals surface area contributed by atoms with Gasteiger partial charge < -0.3 is 0 Å². The van der Waals surface area contributed by atoms with Gasteiger partial charge in [0.2, 0.25) is 0 Å². The Morgan fingerprint density at radius 2 is 1.68 bits per heavy atom. The molecule has 3 heteroatoms. The molecule has 22 heavy (non-hydrogen) atoms. The Bertz CT molecular complexity index is 455. The Balaban J connectivity index is 2.50. The van der Waals surface area contributed by atoms with E-state index in [1.807, 2.05) is 20.8 Å². The van der Waals surface area contributed by atoms with Crippen molar-refractivity contribution in [1.29, 1.82) is 0 Å². The molecule has 0 spiro atoms. The number of ether oxygens (including phenoxy) is 1. The van der Waals surface area contributed by atoms with E-state index in [4.69, 9.17) is 4.74 Å². The van der Waals surface area contributed by atoms with Crippen LogP contribution in [0.15, 0.2) is 30.3 Å². The van der Waals surface area contributed by atoms with E-state index in [2.05, 4.69) is 47.6 Å². The second-order valence-corrected chi connectivity index (χ2v) is 19.6. The van der Waals surface area contributed by atoms with Gasteiger partial charge in [0.1, 0.15) is 0 Å². The molecule has 0 aliphatic carbocycles. The summed E-state index contributed by atoms with van der Waals surface area (Å²) in [5, 5.41) is 0. The number of carbonyl (C=O) groups is 1. The molecular formula is C19H32GeO2. The van der Waals surface area contributed by atoms with Crippen LogP contribution in [0.25, 0.3) is 0 Å². The predicted molar refractivity (Wildman–Crippen MR) is 96.9 cm³/mol. The third-order valence-corrected chi connectivity index (χ3v) is 9.27. The standard InChI is InChI=1S/C19H32GeO2/c1-19(2,3)22-18(21)17(20(4,5)6)15-11-10-14-16-12-8-7-9-13-16/h7-9,12-13,17H,10-11,14-15H2,1-6H3. The number of hydrogen-bond donors (Lipinski definition) is 0. The van der Waals surface area contributed by atoms with Crippen molar-refractivity contribution in [2.45, 2.75) is 74.1 Å². The van der Waals surface area contributed by atoms with Crippen LogP contribution in [0.2, 0.25) is 22.0 Å². The van der Waals surface area contributed by atoms with Gasteiger partial charge in [0.25, 0.3) is 0 Å². The molecule has 0 fully saturated rings. The second kappa shape index (κ2) is 8.19. The fraction of sp³-hybridized carbons (Fsp3) is 0.632. The van der Waals surface area contributed by atoms with E-state index >= 15 is 0 Å². The minimum atomic E-state index is -2.08. The fourth-order valence-electron chi connectivity index (χ4n) is 2.60. The average molecular weight is 365 g/mol. The quantitative estimate of drug-likeness (QED) is 0.365. The summed E-state index contributed by atoms with van der Waals surface area (Å²) in [6.45, 7) is 5.85. The van der Waals surface area contributed by atoms with Gasteiger partial charge in [0.15, 0.2) is 0 Å². The number of rotatable bonds is 7. The first-order valence-electron chi connectivity index (χ1n) is 8.36. The Morgan fingerprint density at radius 1 is 1.09 bits per heavy atom. The van der Waals surface area contributed by atoms with Gasteiger partial charge in [-0.05, 0) is 0 Å².